The molecule has 0 aliphatic carbocycles. The fourth-order valence-corrected chi connectivity index (χ4v) is 1.36. The molecule has 0 amide bonds. The van der Waals surface area contributed by atoms with Crippen molar-refractivity contribution in [1.82, 2.24) is 15.0 Å². The Kier molecular flexibility index (Phi) is 2.13. The van der Waals surface area contributed by atoms with Crippen molar-refractivity contribution in [2.45, 2.75) is 0 Å². The summed E-state index contributed by atoms with van der Waals surface area (Å²) in [6.07, 6.45) is 0. The summed E-state index contributed by atoms with van der Waals surface area (Å²) in [6.45, 7) is 0. The second kappa shape index (κ2) is 3.31. The SMILES string of the molecule is Cn1nc(N)c(-c2ccc(Cl)cc2)n1. The molecule has 0 spiro atoms. The summed E-state index contributed by atoms with van der Waals surface area (Å²) in [5.74, 6) is 0.426. The first kappa shape index (κ1) is 9.02. The van der Waals surface area contributed by atoms with Crippen molar-refractivity contribution in [3.63, 3.8) is 0 Å². The molecule has 0 bridgehead atoms. The van der Waals surface area contributed by atoms with Crippen LogP contribution in [0.15, 0.2) is 24.3 Å². The van der Waals surface area contributed by atoms with Crippen molar-refractivity contribution in [1.29, 1.82) is 0 Å². The van der Waals surface area contributed by atoms with Gasteiger partial charge in [0, 0.05) is 17.6 Å². The third kappa shape index (κ3) is 1.56. The highest BCUT2D eigenvalue weighted by molar-refractivity contribution is 6.30. The smallest absolute Gasteiger partial charge is 0.174 e. The molecule has 0 aliphatic rings. The highest BCUT2D eigenvalue weighted by Gasteiger charge is 2.07. The lowest BCUT2D eigenvalue weighted by molar-refractivity contribution is 0.658. The van der Waals surface area contributed by atoms with Crippen molar-refractivity contribution in [2.75, 3.05) is 5.73 Å². The van der Waals surface area contributed by atoms with Crippen LogP contribution in [0.3, 0.4) is 0 Å². The Labute approximate surface area is 86.3 Å². The minimum atomic E-state index is 0.426. The third-order valence-electron chi connectivity index (χ3n) is 1.86. The van der Waals surface area contributed by atoms with Gasteiger partial charge in [-0.1, -0.05) is 23.7 Å². The molecule has 0 fully saturated rings. The highest BCUT2D eigenvalue weighted by Crippen LogP contribution is 2.22. The van der Waals surface area contributed by atoms with Crippen LogP contribution in [-0.2, 0) is 7.05 Å². The molecule has 0 unspecified atom stereocenters. The lowest BCUT2D eigenvalue weighted by Gasteiger charge is -1.96. The summed E-state index contributed by atoms with van der Waals surface area (Å²) >= 11 is 5.77. The molecule has 1 aromatic carbocycles. The standard InChI is InChI=1S/C9H9ClN4/c1-14-12-8(9(11)13-14)6-2-4-7(10)5-3-6/h2-5H,1H3,(H2,11,13). The predicted molar refractivity (Wildman–Crippen MR) is 55.9 cm³/mol. The van der Waals surface area contributed by atoms with E-state index in [-0.39, 0.29) is 0 Å². The first-order valence-electron chi connectivity index (χ1n) is 4.09. The molecule has 5 heteroatoms. The van der Waals surface area contributed by atoms with Crippen LogP contribution in [0.1, 0.15) is 0 Å². The zero-order valence-corrected chi connectivity index (χ0v) is 8.36. The number of aromatic nitrogens is 3. The van der Waals surface area contributed by atoms with Gasteiger partial charge in [0.05, 0.1) is 0 Å². The first-order chi connectivity index (χ1) is 6.66. The normalized spacial score (nSPS) is 10.4. The van der Waals surface area contributed by atoms with Crippen LogP contribution in [0.2, 0.25) is 5.02 Å². The fraction of sp³-hybridized carbons (Fsp3) is 0.111. The van der Waals surface area contributed by atoms with Gasteiger partial charge in [-0.3, -0.25) is 0 Å². The number of rotatable bonds is 1. The number of benzene rings is 1. The van der Waals surface area contributed by atoms with Crippen molar-refractivity contribution in [3.05, 3.63) is 29.3 Å². The Bertz CT molecular complexity index is 446. The van der Waals surface area contributed by atoms with Gasteiger partial charge < -0.3 is 5.73 Å². The zero-order chi connectivity index (χ0) is 10.1. The summed E-state index contributed by atoms with van der Waals surface area (Å²) in [6, 6.07) is 7.32. The molecule has 0 saturated carbocycles. The van der Waals surface area contributed by atoms with Gasteiger partial charge in [0.25, 0.3) is 0 Å². The molecule has 0 saturated heterocycles. The van der Waals surface area contributed by atoms with Crippen molar-refractivity contribution in [2.24, 2.45) is 7.05 Å². The number of hydrogen-bond donors (Lipinski definition) is 1. The molecule has 72 valence electrons. The molecule has 4 nitrogen and oxygen atoms in total. The highest BCUT2D eigenvalue weighted by atomic mass is 35.5. The third-order valence-corrected chi connectivity index (χ3v) is 2.11. The Balaban J connectivity index is 2.49. The summed E-state index contributed by atoms with van der Waals surface area (Å²) in [4.78, 5) is 1.44. The number of halogens is 1. The van der Waals surface area contributed by atoms with E-state index in [2.05, 4.69) is 10.2 Å². The van der Waals surface area contributed by atoms with E-state index < -0.39 is 0 Å². The van der Waals surface area contributed by atoms with E-state index in [0.29, 0.717) is 16.5 Å². The Morgan fingerprint density at radius 2 is 1.86 bits per heavy atom. The van der Waals surface area contributed by atoms with E-state index in [0.717, 1.165) is 5.56 Å². The quantitative estimate of drug-likeness (QED) is 0.777. The van der Waals surface area contributed by atoms with Crippen molar-refractivity contribution in [3.8, 4) is 11.3 Å². The van der Waals surface area contributed by atoms with E-state index in [4.69, 9.17) is 17.3 Å². The van der Waals surface area contributed by atoms with Gasteiger partial charge in [0.15, 0.2) is 5.82 Å². The maximum atomic E-state index is 5.77. The minimum absolute atomic E-state index is 0.426. The average molecular weight is 209 g/mol. The Morgan fingerprint density at radius 3 is 2.36 bits per heavy atom. The number of nitrogens with zero attached hydrogens (tertiary/aromatic N) is 3. The molecule has 1 heterocycles. The molecular formula is C9H9ClN4. The van der Waals surface area contributed by atoms with Gasteiger partial charge in [-0.05, 0) is 12.1 Å². The van der Waals surface area contributed by atoms with Crippen LogP contribution in [0.25, 0.3) is 11.3 Å². The molecule has 0 atom stereocenters. The van der Waals surface area contributed by atoms with Crippen LogP contribution in [-0.4, -0.2) is 15.0 Å². The summed E-state index contributed by atoms with van der Waals surface area (Å²) < 4.78 is 0. The number of nitrogens with two attached hydrogens (primary N) is 1. The van der Waals surface area contributed by atoms with Gasteiger partial charge in [-0.25, -0.2) is 0 Å². The average Bonchev–Trinajstić information content (AvgIpc) is 2.47. The van der Waals surface area contributed by atoms with Gasteiger partial charge in [-0.2, -0.15) is 9.90 Å². The predicted octanol–water partition coefficient (Wildman–Crippen LogP) is 1.72. The molecule has 0 aliphatic heterocycles. The summed E-state index contributed by atoms with van der Waals surface area (Å²) in [5, 5.41) is 8.80. The van der Waals surface area contributed by atoms with Crippen molar-refractivity contribution < 1.29 is 0 Å². The van der Waals surface area contributed by atoms with Gasteiger partial charge in [0.1, 0.15) is 5.69 Å². The topological polar surface area (TPSA) is 56.7 Å². The molecule has 0 radical (unpaired) electrons. The molecule has 2 rings (SSSR count). The maximum Gasteiger partial charge on any atom is 0.174 e. The second-order valence-electron chi connectivity index (χ2n) is 2.93. The van der Waals surface area contributed by atoms with E-state index in [9.17, 15) is 0 Å². The second-order valence-corrected chi connectivity index (χ2v) is 3.37. The van der Waals surface area contributed by atoms with E-state index >= 15 is 0 Å². The molecule has 14 heavy (non-hydrogen) atoms. The maximum absolute atomic E-state index is 5.77. The number of nitrogen functional groups attached to an aromatic ring is 1. The van der Waals surface area contributed by atoms with Crippen LogP contribution < -0.4 is 5.73 Å². The number of anilines is 1. The summed E-state index contributed by atoms with van der Waals surface area (Å²) in [7, 11) is 1.73. The molecular weight excluding hydrogens is 200 g/mol. The number of aryl methyl sites for hydroxylation is 1. The lowest BCUT2D eigenvalue weighted by atomic mass is 10.1. The zero-order valence-electron chi connectivity index (χ0n) is 7.61. The van der Waals surface area contributed by atoms with E-state index in [1.807, 2.05) is 12.1 Å². The molecule has 2 aromatic rings. The van der Waals surface area contributed by atoms with Crippen LogP contribution in [0, 0.1) is 0 Å². The van der Waals surface area contributed by atoms with E-state index in [1.165, 1.54) is 4.80 Å². The minimum Gasteiger partial charge on any atom is -0.380 e. The monoisotopic (exact) mass is 208 g/mol. The van der Waals surface area contributed by atoms with Gasteiger partial charge in [0.2, 0.25) is 0 Å². The van der Waals surface area contributed by atoms with Crippen LogP contribution in [0.5, 0.6) is 0 Å². The van der Waals surface area contributed by atoms with Crippen molar-refractivity contribution >= 4 is 17.4 Å². The molecule has 1 aromatic heterocycles. The first-order valence-corrected chi connectivity index (χ1v) is 4.47. The Hall–Kier alpha value is -1.55. The fourth-order valence-electron chi connectivity index (χ4n) is 1.23. The van der Waals surface area contributed by atoms with Crippen LogP contribution >= 0.6 is 11.6 Å². The van der Waals surface area contributed by atoms with E-state index in [1.54, 1.807) is 19.2 Å². The molecule has 2 N–H and O–H groups in total. The number of hydrogen-bond acceptors (Lipinski definition) is 3. The van der Waals surface area contributed by atoms with Gasteiger partial charge >= 0.3 is 0 Å². The largest absolute Gasteiger partial charge is 0.380 e. The lowest BCUT2D eigenvalue weighted by Crippen LogP contribution is -1.92. The summed E-state index contributed by atoms with van der Waals surface area (Å²) in [5.41, 5.74) is 7.29. The van der Waals surface area contributed by atoms with Crippen LogP contribution in [0.4, 0.5) is 5.82 Å². The Morgan fingerprint density at radius 1 is 1.21 bits per heavy atom. The van der Waals surface area contributed by atoms with Gasteiger partial charge in [-0.15, -0.1) is 5.10 Å².